The van der Waals surface area contributed by atoms with Crippen LogP contribution in [0.2, 0.25) is 0 Å². The predicted octanol–water partition coefficient (Wildman–Crippen LogP) is 4.95. The summed E-state index contributed by atoms with van der Waals surface area (Å²) >= 11 is 4.98. The second-order valence-electron chi connectivity index (χ2n) is 5.34. The molecule has 0 radical (unpaired) electrons. The Labute approximate surface area is 125 Å². The molecule has 5 heteroatoms. The minimum atomic E-state index is -0.263. The quantitative estimate of drug-likeness (QED) is 0.853. The lowest BCUT2D eigenvalue weighted by atomic mass is 9.98. The number of nitrogens with one attached hydrogen (secondary N) is 1. The number of nitrogens with zero attached hydrogens (tertiary/aromatic N) is 1. The van der Waals surface area contributed by atoms with Crippen molar-refractivity contribution in [2.45, 2.75) is 32.7 Å². The standard InChI is InChI=1S/C14H16BrFN2S/c1-14(2,3)13-18-9(8-19-13)7-17-12-10(15)5-4-6-11(12)16/h4-6,8,17H,7H2,1-3H3. The summed E-state index contributed by atoms with van der Waals surface area (Å²) in [5.74, 6) is -0.263. The van der Waals surface area contributed by atoms with Crippen molar-refractivity contribution in [3.8, 4) is 0 Å². The van der Waals surface area contributed by atoms with Gasteiger partial charge in [0, 0.05) is 15.3 Å². The fourth-order valence-electron chi connectivity index (χ4n) is 1.58. The van der Waals surface area contributed by atoms with Crippen LogP contribution in [0.1, 0.15) is 31.5 Å². The average Bonchev–Trinajstić information content (AvgIpc) is 2.77. The van der Waals surface area contributed by atoms with Gasteiger partial charge in [0.25, 0.3) is 0 Å². The molecule has 0 fully saturated rings. The maximum atomic E-state index is 13.6. The minimum Gasteiger partial charge on any atom is -0.376 e. The Morgan fingerprint density at radius 3 is 2.68 bits per heavy atom. The van der Waals surface area contributed by atoms with E-state index in [0.29, 0.717) is 12.2 Å². The predicted molar refractivity (Wildman–Crippen MR) is 82.2 cm³/mol. The second kappa shape index (κ2) is 5.59. The highest BCUT2D eigenvalue weighted by molar-refractivity contribution is 9.10. The molecule has 0 unspecified atom stereocenters. The Kier molecular flexibility index (Phi) is 4.26. The molecule has 0 aliphatic carbocycles. The molecule has 1 aromatic carbocycles. The van der Waals surface area contributed by atoms with E-state index in [1.165, 1.54) is 6.07 Å². The molecule has 0 aliphatic rings. The Hall–Kier alpha value is -0.940. The summed E-state index contributed by atoms with van der Waals surface area (Å²) in [5, 5.41) is 6.20. The summed E-state index contributed by atoms with van der Waals surface area (Å²) in [7, 11) is 0. The van der Waals surface area contributed by atoms with E-state index in [1.54, 1.807) is 17.4 Å². The molecule has 1 heterocycles. The van der Waals surface area contributed by atoms with E-state index in [2.05, 4.69) is 47.0 Å². The molecule has 0 saturated heterocycles. The van der Waals surface area contributed by atoms with Crippen molar-refractivity contribution in [1.82, 2.24) is 4.98 Å². The minimum absolute atomic E-state index is 0.0570. The first-order valence-corrected chi connectivity index (χ1v) is 7.68. The zero-order valence-electron chi connectivity index (χ0n) is 11.1. The first-order valence-electron chi connectivity index (χ1n) is 6.00. The van der Waals surface area contributed by atoms with E-state index in [0.717, 1.165) is 15.2 Å². The van der Waals surface area contributed by atoms with E-state index in [-0.39, 0.29) is 11.2 Å². The molecule has 19 heavy (non-hydrogen) atoms. The van der Waals surface area contributed by atoms with Gasteiger partial charge in [-0.25, -0.2) is 9.37 Å². The van der Waals surface area contributed by atoms with Gasteiger partial charge in [-0.3, -0.25) is 0 Å². The van der Waals surface area contributed by atoms with Gasteiger partial charge in [0.05, 0.1) is 22.9 Å². The summed E-state index contributed by atoms with van der Waals surface area (Å²) < 4.78 is 14.4. The first-order chi connectivity index (χ1) is 8.88. The molecule has 2 rings (SSSR count). The van der Waals surface area contributed by atoms with Crippen molar-refractivity contribution in [2.24, 2.45) is 0 Å². The molecule has 1 N–H and O–H groups in total. The van der Waals surface area contributed by atoms with Crippen LogP contribution >= 0.6 is 27.3 Å². The maximum absolute atomic E-state index is 13.6. The molecule has 0 saturated carbocycles. The highest BCUT2D eigenvalue weighted by atomic mass is 79.9. The normalized spacial score (nSPS) is 11.6. The van der Waals surface area contributed by atoms with E-state index in [1.807, 2.05) is 11.4 Å². The number of halogens is 2. The van der Waals surface area contributed by atoms with Crippen molar-refractivity contribution in [3.63, 3.8) is 0 Å². The van der Waals surface area contributed by atoms with E-state index >= 15 is 0 Å². The molecule has 0 spiro atoms. The summed E-state index contributed by atoms with van der Waals surface area (Å²) in [6, 6.07) is 4.92. The fraction of sp³-hybridized carbons (Fsp3) is 0.357. The molecule has 0 aliphatic heterocycles. The highest BCUT2D eigenvalue weighted by Crippen LogP contribution is 2.28. The summed E-state index contributed by atoms with van der Waals surface area (Å²) in [5.41, 5.74) is 1.47. The Morgan fingerprint density at radius 2 is 2.11 bits per heavy atom. The van der Waals surface area contributed by atoms with Gasteiger partial charge in [0.1, 0.15) is 5.82 Å². The van der Waals surface area contributed by atoms with Crippen molar-refractivity contribution in [3.05, 3.63) is 44.6 Å². The summed E-state index contributed by atoms with van der Waals surface area (Å²) in [6.45, 7) is 6.93. The van der Waals surface area contributed by atoms with Crippen molar-refractivity contribution in [1.29, 1.82) is 0 Å². The van der Waals surface area contributed by atoms with Gasteiger partial charge >= 0.3 is 0 Å². The average molecular weight is 343 g/mol. The molecule has 0 atom stereocenters. The summed E-state index contributed by atoms with van der Waals surface area (Å²) in [6.07, 6.45) is 0. The molecule has 0 bridgehead atoms. The van der Waals surface area contributed by atoms with Crippen LogP contribution in [0.25, 0.3) is 0 Å². The number of benzene rings is 1. The number of para-hydroxylation sites is 1. The maximum Gasteiger partial charge on any atom is 0.147 e. The SMILES string of the molecule is CC(C)(C)c1nc(CNc2c(F)cccc2Br)cs1. The van der Waals surface area contributed by atoms with Crippen molar-refractivity contribution in [2.75, 3.05) is 5.32 Å². The van der Waals surface area contributed by atoms with Crippen LogP contribution in [-0.4, -0.2) is 4.98 Å². The second-order valence-corrected chi connectivity index (χ2v) is 7.06. The molecule has 2 aromatic rings. The Bertz CT molecular complexity index is 555. The zero-order valence-corrected chi connectivity index (χ0v) is 13.5. The van der Waals surface area contributed by atoms with E-state index in [9.17, 15) is 4.39 Å². The molecule has 0 amide bonds. The zero-order chi connectivity index (χ0) is 14.0. The van der Waals surface area contributed by atoms with Gasteiger partial charge in [-0.2, -0.15) is 0 Å². The van der Waals surface area contributed by atoms with Crippen LogP contribution in [0.3, 0.4) is 0 Å². The number of aromatic nitrogens is 1. The van der Waals surface area contributed by atoms with E-state index < -0.39 is 0 Å². The third-order valence-corrected chi connectivity index (χ3v) is 4.58. The van der Waals surface area contributed by atoms with Gasteiger partial charge in [0.2, 0.25) is 0 Å². The lowest BCUT2D eigenvalue weighted by Gasteiger charge is -2.13. The van der Waals surface area contributed by atoms with Gasteiger partial charge in [-0.1, -0.05) is 26.8 Å². The van der Waals surface area contributed by atoms with Crippen LogP contribution in [0.4, 0.5) is 10.1 Å². The molecule has 2 nitrogen and oxygen atoms in total. The lowest BCUT2D eigenvalue weighted by Crippen LogP contribution is -2.11. The van der Waals surface area contributed by atoms with Gasteiger partial charge in [-0.15, -0.1) is 11.3 Å². The molecule has 102 valence electrons. The third-order valence-electron chi connectivity index (χ3n) is 2.60. The monoisotopic (exact) mass is 342 g/mol. The highest BCUT2D eigenvalue weighted by Gasteiger charge is 2.18. The Morgan fingerprint density at radius 1 is 1.37 bits per heavy atom. The smallest absolute Gasteiger partial charge is 0.147 e. The molecular weight excluding hydrogens is 327 g/mol. The van der Waals surface area contributed by atoms with Crippen LogP contribution in [0.5, 0.6) is 0 Å². The fourth-order valence-corrected chi connectivity index (χ4v) is 2.97. The number of hydrogen-bond acceptors (Lipinski definition) is 3. The van der Waals surface area contributed by atoms with Crippen LogP contribution in [0, 0.1) is 5.82 Å². The number of rotatable bonds is 3. The van der Waals surface area contributed by atoms with Gasteiger partial charge in [-0.05, 0) is 28.1 Å². The summed E-state index contributed by atoms with van der Waals surface area (Å²) in [4.78, 5) is 4.57. The van der Waals surface area contributed by atoms with Crippen molar-refractivity contribution >= 4 is 33.0 Å². The van der Waals surface area contributed by atoms with E-state index in [4.69, 9.17) is 0 Å². The number of hydrogen-bond donors (Lipinski definition) is 1. The van der Waals surface area contributed by atoms with Crippen LogP contribution in [0.15, 0.2) is 28.1 Å². The van der Waals surface area contributed by atoms with Gasteiger partial charge < -0.3 is 5.32 Å². The first kappa shape index (κ1) is 14.5. The number of anilines is 1. The Balaban J connectivity index is 2.09. The topological polar surface area (TPSA) is 24.9 Å². The van der Waals surface area contributed by atoms with Crippen molar-refractivity contribution < 1.29 is 4.39 Å². The lowest BCUT2D eigenvalue weighted by molar-refractivity contribution is 0.583. The molecular formula is C14H16BrFN2S. The van der Waals surface area contributed by atoms with Crippen LogP contribution < -0.4 is 5.32 Å². The molecule has 1 aromatic heterocycles. The largest absolute Gasteiger partial charge is 0.376 e. The number of thiazole rings is 1. The van der Waals surface area contributed by atoms with Gasteiger partial charge in [0.15, 0.2) is 0 Å². The third kappa shape index (κ3) is 3.54. The van der Waals surface area contributed by atoms with Crippen LogP contribution in [-0.2, 0) is 12.0 Å².